The molecule has 0 radical (unpaired) electrons. The maximum Gasteiger partial charge on any atom is 0.250 e. The van der Waals surface area contributed by atoms with Crippen molar-refractivity contribution < 1.29 is 9.32 Å². The number of carbonyl (C=O) groups is 1. The number of hydrogen-bond acceptors (Lipinski definition) is 4. The van der Waals surface area contributed by atoms with Gasteiger partial charge in [-0.05, 0) is 25.7 Å². The summed E-state index contributed by atoms with van der Waals surface area (Å²) in [6, 6.07) is 0. The van der Waals surface area contributed by atoms with Gasteiger partial charge >= 0.3 is 0 Å². The second-order valence-electron chi connectivity index (χ2n) is 4.98. The molecule has 1 aliphatic carbocycles. The van der Waals surface area contributed by atoms with E-state index >= 15 is 0 Å². The molecule has 1 saturated carbocycles. The highest BCUT2D eigenvalue weighted by atomic mass is 16.5. The third-order valence-corrected chi connectivity index (χ3v) is 3.71. The van der Waals surface area contributed by atoms with Crippen molar-refractivity contribution in [1.82, 2.24) is 15.0 Å². The number of rotatable bonds is 3. The molecule has 18 heavy (non-hydrogen) atoms. The second kappa shape index (κ2) is 4.92. The van der Waals surface area contributed by atoms with Gasteiger partial charge in [-0.1, -0.05) is 11.6 Å². The van der Waals surface area contributed by atoms with Crippen LogP contribution in [-0.4, -0.2) is 34.0 Å². The zero-order chi connectivity index (χ0) is 12.4. The van der Waals surface area contributed by atoms with Crippen molar-refractivity contribution in [1.29, 1.82) is 0 Å². The van der Waals surface area contributed by atoms with Crippen LogP contribution in [-0.2, 0) is 4.79 Å². The highest BCUT2D eigenvalue weighted by Crippen LogP contribution is 2.34. The standard InChI is InChI=1S/C13H17N3O2/c17-12(16-8-1-2-9-16)7-6-11-14-13(15-18-11)10-4-3-5-10/h6-7,10H,1-5,8-9H2/b7-6+. The molecule has 2 fully saturated rings. The molecule has 1 aliphatic heterocycles. The minimum atomic E-state index is 0.0379. The van der Waals surface area contributed by atoms with Crippen molar-refractivity contribution in [2.24, 2.45) is 0 Å². The third-order valence-electron chi connectivity index (χ3n) is 3.71. The minimum absolute atomic E-state index is 0.0379. The van der Waals surface area contributed by atoms with Crippen molar-refractivity contribution in [3.8, 4) is 0 Å². The van der Waals surface area contributed by atoms with Crippen LogP contribution in [0.4, 0.5) is 0 Å². The van der Waals surface area contributed by atoms with Crippen LogP contribution in [0.1, 0.15) is 49.7 Å². The molecule has 0 N–H and O–H groups in total. The van der Waals surface area contributed by atoms with Crippen LogP contribution in [0.25, 0.3) is 6.08 Å². The molecule has 0 spiro atoms. The summed E-state index contributed by atoms with van der Waals surface area (Å²) in [6.07, 6.45) is 8.90. The van der Waals surface area contributed by atoms with E-state index in [1.807, 2.05) is 4.90 Å². The number of aromatic nitrogens is 2. The molecule has 1 aromatic heterocycles. The average molecular weight is 247 g/mol. The molecule has 5 heteroatoms. The van der Waals surface area contributed by atoms with Crippen molar-refractivity contribution in [3.05, 3.63) is 17.8 Å². The van der Waals surface area contributed by atoms with Gasteiger partial charge in [0.1, 0.15) is 0 Å². The smallest absolute Gasteiger partial charge is 0.250 e. The fraction of sp³-hybridized carbons (Fsp3) is 0.615. The molecular weight excluding hydrogens is 230 g/mol. The predicted octanol–water partition coefficient (Wildman–Crippen LogP) is 1.97. The van der Waals surface area contributed by atoms with Crippen LogP contribution in [0, 0.1) is 0 Å². The fourth-order valence-electron chi connectivity index (χ4n) is 2.33. The molecule has 0 atom stereocenters. The summed E-state index contributed by atoms with van der Waals surface area (Å²) in [5, 5.41) is 3.95. The molecule has 2 aliphatic rings. The number of nitrogens with zero attached hydrogens (tertiary/aromatic N) is 3. The summed E-state index contributed by atoms with van der Waals surface area (Å²) < 4.78 is 5.12. The van der Waals surface area contributed by atoms with E-state index in [1.165, 1.54) is 12.5 Å². The number of hydrogen-bond donors (Lipinski definition) is 0. The van der Waals surface area contributed by atoms with Gasteiger partial charge in [0.15, 0.2) is 5.82 Å². The normalized spacial score (nSPS) is 20.6. The molecule has 1 amide bonds. The summed E-state index contributed by atoms with van der Waals surface area (Å²) in [6.45, 7) is 1.72. The van der Waals surface area contributed by atoms with Crippen LogP contribution in [0.5, 0.6) is 0 Å². The van der Waals surface area contributed by atoms with E-state index < -0.39 is 0 Å². The Hall–Kier alpha value is -1.65. The molecule has 2 heterocycles. The first-order valence-corrected chi connectivity index (χ1v) is 6.63. The van der Waals surface area contributed by atoms with Crippen molar-refractivity contribution in [2.75, 3.05) is 13.1 Å². The average Bonchev–Trinajstić information content (AvgIpc) is 2.94. The SMILES string of the molecule is O=C(/C=C/c1nc(C2CCC2)no1)N1CCCC1. The van der Waals surface area contributed by atoms with E-state index in [0.717, 1.165) is 44.6 Å². The Balaban J connectivity index is 1.60. The summed E-state index contributed by atoms with van der Waals surface area (Å²) in [7, 11) is 0. The predicted molar refractivity (Wildman–Crippen MR) is 65.7 cm³/mol. The van der Waals surface area contributed by atoms with E-state index in [4.69, 9.17) is 4.52 Å². The Labute approximate surface area is 106 Å². The Bertz CT molecular complexity index is 457. The van der Waals surface area contributed by atoms with E-state index in [2.05, 4.69) is 10.1 Å². The van der Waals surface area contributed by atoms with E-state index in [1.54, 1.807) is 6.08 Å². The molecule has 1 aromatic rings. The number of amides is 1. The quantitative estimate of drug-likeness (QED) is 0.766. The summed E-state index contributed by atoms with van der Waals surface area (Å²) in [5.74, 6) is 1.72. The molecule has 0 unspecified atom stereocenters. The molecular formula is C13H17N3O2. The van der Waals surface area contributed by atoms with Gasteiger partial charge in [0.05, 0.1) is 0 Å². The second-order valence-corrected chi connectivity index (χ2v) is 4.98. The molecule has 1 saturated heterocycles. The lowest BCUT2D eigenvalue weighted by atomic mass is 9.85. The Morgan fingerprint density at radius 3 is 2.72 bits per heavy atom. The van der Waals surface area contributed by atoms with Crippen molar-refractivity contribution in [2.45, 2.75) is 38.0 Å². The van der Waals surface area contributed by atoms with Gasteiger partial charge in [0.2, 0.25) is 5.91 Å². The lowest BCUT2D eigenvalue weighted by Crippen LogP contribution is -2.25. The van der Waals surface area contributed by atoms with E-state index in [9.17, 15) is 4.79 Å². The topological polar surface area (TPSA) is 59.2 Å². The zero-order valence-electron chi connectivity index (χ0n) is 10.3. The van der Waals surface area contributed by atoms with Crippen LogP contribution < -0.4 is 0 Å². The Morgan fingerprint density at radius 2 is 2.06 bits per heavy atom. The van der Waals surface area contributed by atoms with Gasteiger partial charge in [-0.25, -0.2) is 0 Å². The van der Waals surface area contributed by atoms with Gasteiger partial charge in [-0.15, -0.1) is 0 Å². The summed E-state index contributed by atoms with van der Waals surface area (Å²) in [4.78, 5) is 17.9. The number of carbonyl (C=O) groups excluding carboxylic acids is 1. The molecule has 0 bridgehead atoms. The summed E-state index contributed by atoms with van der Waals surface area (Å²) >= 11 is 0. The van der Waals surface area contributed by atoms with E-state index in [-0.39, 0.29) is 5.91 Å². The fourth-order valence-corrected chi connectivity index (χ4v) is 2.33. The molecule has 96 valence electrons. The Kier molecular flexibility index (Phi) is 3.13. The van der Waals surface area contributed by atoms with Gasteiger partial charge < -0.3 is 9.42 Å². The van der Waals surface area contributed by atoms with Crippen LogP contribution >= 0.6 is 0 Å². The van der Waals surface area contributed by atoms with Crippen LogP contribution in [0.15, 0.2) is 10.6 Å². The number of likely N-dealkylation sites (tertiary alicyclic amines) is 1. The lowest BCUT2D eigenvalue weighted by molar-refractivity contribution is -0.124. The molecule has 0 aromatic carbocycles. The zero-order valence-corrected chi connectivity index (χ0v) is 10.3. The monoisotopic (exact) mass is 247 g/mol. The van der Waals surface area contributed by atoms with Crippen LogP contribution in [0.3, 0.4) is 0 Å². The van der Waals surface area contributed by atoms with Gasteiger partial charge in [-0.2, -0.15) is 4.98 Å². The van der Waals surface area contributed by atoms with Gasteiger partial charge in [0.25, 0.3) is 5.89 Å². The largest absolute Gasteiger partial charge is 0.339 e. The van der Waals surface area contributed by atoms with Crippen molar-refractivity contribution >= 4 is 12.0 Å². The minimum Gasteiger partial charge on any atom is -0.339 e. The van der Waals surface area contributed by atoms with Gasteiger partial charge in [-0.3, -0.25) is 4.79 Å². The van der Waals surface area contributed by atoms with Gasteiger partial charge in [0, 0.05) is 31.2 Å². The van der Waals surface area contributed by atoms with Crippen molar-refractivity contribution in [3.63, 3.8) is 0 Å². The first-order valence-electron chi connectivity index (χ1n) is 6.63. The lowest BCUT2D eigenvalue weighted by Gasteiger charge is -2.20. The highest BCUT2D eigenvalue weighted by Gasteiger charge is 2.24. The first kappa shape index (κ1) is 11.4. The molecule has 3 rings (SSSR count). The van der Waals surface area contributed by atoms with Crippen LogP contribution in [0.2, 0.25) is 0 Å². The maximum atomic E-state index is 11.8. The summed E-state index contributed by atoms with van der Waals surface area (Å²) in [5.41, 5.74) is 0. The third kappa shape index (κ3) is 2.30. The Morgan fingerprint density at radius 1 is 1.28 bits per heavy atom. The van der Waals surface area contributed by atoms with E-state index in [0.29, 0.717) is 11.8 Å². The molecule has 5 nitrogen and oxygen atoms in total. The first-order chi connectivity index (χ1) is 8.83. The maximum absolute atomic E-state index is 11.8. The highest BCUT2D eigenvalue weighted by molar-refractivity contribution is 5.91.